The number of nitrogens with two attached hydrogens (primary N) is 4. The molecule has 1 aromatic carbocycles. The van der Waals surface area contributed by atoms with Gasteiger partial charge in [-0.1, -0.05) is 11.2 Å². The first-order chi connectivity index (χ1) is 58.7. The number of piperidine rings is 5. The van der Waals surface area contributed by atoms with E-state index >= 15 is 0 Å². The number of thiazole rings is 1. The highest BCUT2D eigenvalue weighted by Gasteiger charge is 2.58. The summed E-state index contributed by atoms with van der Waals surface area (Å²) in [6.07, 6.45) is 6.35. The molecule has 0 aliphatic carbocycles. The quantitative estimate of drug-likeness (QED) is 0.0103. The number of rotatable bonds is 16. The van der Waals surface area contributed by atoms with Crippen molar-refractivity contribution in [2.75, 3.05) is 77.8 Å². The smallest absolute Gasteiger partial charge is 0.471 e. The number of oxime groups is 1. The number of aliphatic imine (C=N–C) groups is 3. The number of benzene rings is 1. The SMILES string of the molecule is CC(C)(C)OC(=O)N1CCC[C@@H](N)C1.CC(C)(C)OC(=O)N1CCC[C@@H](N=C(N)n2cccn2)C1.CC(C)(C)OC(=O)N1CCC[C@@H](N=C(NC(=O)C(F)(F)F)n2cccn2)C1.CC1(C)[C@H](CC(=O)/C(=N\O[C@@H](COc2ccc3c(c2)CN(C(N)=N[C@@H]2CCCNC2)C3)C(=O)O)c2csc(N)n2)C(=O)N1OS(=O)(=O)O.[C-]#[N+]N[C@@H]1CCCN(C(=O)OC(C)(C)C)C1. The van der Waals surface area contributed by atoms with Gasteiger partial charge in [-0.25, -0.2) is 53.3 Å². The van der Waals surface area contributed by atoms with Gasteiger partial charge in [0.15, 0.2) is 22.6 Å². The van der Waals surface area contributed by atoms with Gasteiger partial charge in [0.25, 0.3) is 12.0 Å². The van der Waals surface area contributed by atoms with Crippen LogP contribution >= 0.6 is 11.3 Å². The number of ketones is 1. The van der Waals surface area contributed by atoms with Crippen LogP contribution in [0.1, 0.15) is 184 Å². The van der Waals surface area contributed by atoms with Crippen molar-refractivity contribution in [2.24, 2.45) is 43.3 Å². The van der Waals surface area contributed by atoms with Crippen LogP contribution in [0.25, 0.3) is 4.95 Å². The summed E-state index contributed by atoms with van der Waals surface area (Å²) in [4.78, 5) is 131. The predicted octanol–water partition coefficient (Wildman–Crippen LogP) is 7.06. The first-order valence-corrected chi connectivity index (χ1v) is 43.3. The molecule has 0 unspecified atom stereocenters. The van der Waals surface area contributed by atoms with Crippen molar-refractivity contribution < 1.29 is 102 Å². The Bertz CT molecular complexity index is 4630. The highest BCUT2D eigenvalue weighted by Crippen LogP contribution is 2.41. The van der Waals surface area contributed by atoms with E-state index < -0.39 is 111 Å². The first kappa shape index (κ1) is 102. The third kappa shape index (κ3) is 33.6. The summed E-state index contributed by atoms with van der Waals surface area (Å²) in [5, 5.41) is 28.5. The summed E-state index contributed by atoms with van der Waals surface area (Å²) >= 11 is 0.990. The van der Waals surface area contributed by atoms with Crippen LogP contribution in [0.3, 0.4) is 0 Å². The number of carboxylic acid groups (broad SMARTS) is 1. The van der Waals surface area contributed by atoms with Gasteiger partial charge in [-0.3, -0.25) is 24.3 Å². The molecule has 13 N–H and O–H groups in total. The molecule has 126 heavy (non-hydrogen) atoms. The Labute approximate surface area is 734 Å². The number of carboxylic acids is 1. The average Bonchev–Trinajstić information content (AvgIpc) is 0.883. The lowest BCUT2D eigenvalue weighted by Crippen LogP contribution is -2.68. The number of alkyl halides is 3. The van der Waals surface area contributed by atoms with Crippen LogP contribution in [0.15, 0.2) is 80.6 Å². The lowest BCUT2D eigenvalue weighted by molar-refractivity contribution is -0.228. The molecule has 6 saturated heterocycles. The number of halogens is 3. The fraction of sp³-hybridized carbons (Fsp3) is 0.646. The second kappa shape index (κ2) is 44.8. The first-order valence-electron chi connectivity index (χ1n) is 41.1. The Hall–Kier alpha value is -11.2. The predicted molar refractivity (Wildman–Crippen MR) is 457 cm³/mol. The number of nitrogens with one attached hydrogen (secondary N) is 3. The second-order valence-electron chi connectivity index (χ2n) is 35.1. The molecule has 3 aromatic heterocycles. The maximum Gasteiger partial charge on any atom is 0.471 e. The zero-order chi connectivity index (χ0) is 93.5. The van der Waals surface area contributed by atoms with Crippen LogP contribution in [0.2, 0.25) is 0 Å². The van der Waals surface area contributed by atoms with E-state index in [9.17, 15) is 65.1 Å². The number of β-lactam (4-membered cyclic amide) rings is 1. The van der Waals surface area contributed by atoms with Crippen LogP contribution in [-0.4, -0.2) is 286 Å². The largest absolute Gasteiger partial charge is 0.489 e. The zero-order valence-corrected chi connectivity index (χ0v) is 75.2. The number of anilines is 1. The van der Waals surface area contributed by atoms with E-state index in [1.165, 1.54) is 47.3 Å². The molecule has 10 heterocycles. The molecular weight excluding hydrogens is 1700 g/mol. The van der Waals surface area contributed by atoms with Crippen molar-refractivity contribution in [1.82, 2.24) is 70.2 Å². The zero-order valence-electron chi connectivity index (χ0n) is 73.5. The maximum atomic E-state index is 13.4. The Morgan fingerprint density at radius 3 is 1.68 bits per heavy atom. The number of amides is 6. The monoisotopic (exact) mass is 1820 g/mol. The Kier molecular flexibility index (Phi) is 36.2. The molecule has 698 valence electrons. The molecule has 7 aliphatic rings. The van der Waals surface area contributed by atoms with Gasteiger partial charge in [0.2, 0.25) is 11.9 Å². The van der Waals surface area contributed by atoms with Crippen molar-refractivity contribution in [3.8, 4) is 5.75 Å². The summed E-state index contributed by atoms with van der Waals surface area (Å²) in [5.74, 6) is -5.46. The molecular formula is C79H120F3N23O19S2. The molecule has 0 saturated carbocycles. The highest BCUT2D eigenvalue weighted by atomic mass is 32.3. The lowest BCUT2D eigenvalue weighted by atomic mass is 9.74. The molecule has 4 aromatic rings. The number of hydrogen-bond donors (Lipinski definition) is 9. The number of Topliss-reactive ketones (excluding diaryl/α,β-unsaturated/α-hetero) is 1. The standard InChI is InChI=1S/C28H36N8O10S2.C16H22F3N5O3.C14H23N5O2.C11H19N3O2.C10H20N2O2/c1-28(2)19(24(38)36(28)46-48(41,42)43)9-21(37)23(20-14-47-27(30)33-20)34-45-22(25(39)40)13-44-18-6-5-15-11-35(12-16(15)8-18)26(29)32-17-4-3-7-31-10-17;1-15(2,3)27-14(26)23-8-4-6-11(10-23)21-13(24-9-5-7-20-24)22-12(25)16(17,18)19;1-14(2,3)21-13(20)18-8-4-6-11(10-18)17-12(15)19-9-5-7-16-19;1-11(2,3)16-10(15)14-7-5-6-9(8-14)13-12-4;1-10(2,3)14-9(13)12-6-4-5-8(11)7-12/h5-6,8,14,17,19,22,31H,3-4,7,9-13H2,1-2H3,(H2,29,32)(H2,30,33)(H,39,40)(H,41,42,43);5,7,9,11H,4,6,8,10H2,1-3H3,(H,21,22,25);5,7,9,11H,4,6,8,10H2,1-3H3,(H2,15,17);9,13H,5-8H2,1-3H3;8H,4-7,11H2,1-3H3/b34-23-;;;;/t17-,19-,22+;2*11-;9-;8-/m11111/s1. The van der Waals surface area contributed by atoms with Crippen molar-refractivity contribution in [1.29, 1.82) is 0 Å². The summed E-state index contributed by atoms with van der Waals surface area (Å²) in [7, 11) is -4.99. The highest BCUT2D eigenvalue weighted by molar-refractivity contribution is 7.80. The normalized spacial score (nSPS) is 21.0. The summed E-state index contributed by atoms with van der Waals surface area (Å²) in [5.41, 5.74) is 24.6. The van der Waals surface area contributed by atoms with Crippen LogP contribution in [0, 0.1) is 12.5 Å². The third-order valence-corrected chi connectivity index (χ3v) is 20.3. The minimum atomic E-state index is -5.05. The van der Waals surface area contributed by atoms with E-state index in [0.29, 0.717) is 87.9 Å². The van der Waals surface area contributed by atoms with Crippen molar-refractivity contribution in [3.63, 3.8) is 0 Å². The summed E-state index contributed by atoms with van der Waals surface area (Å²) in [6, 6.07) is 8.41. The molecule has 6 amide bonds. The number of carbonyl (C=O) groups excluding carboxylic acids is 7. The molecule has 6 fully saturated rings. The van der Waals surface area contributed by atoms with Crippen molar-refractivity contribution >= 4 is 98.4 Å². The molecule has 0 spiro atoms. The number of aliphatic carboxylic acids is 1. The van der Waals surface area contributed by atoms with E-state index in [4.69, 9.17) is 62.6 Å². The maximum absolute atomic E-state index is 13.4. The van der Waals surface area contributed by atoms with E-state index in [1.54, 1.807) is 71.4 Å². The van der Waals surface area contributed by atoms with E-state index in [2.05, 4.69) is 55.3 Å². The molecule has 0 bridgehead atoms. The Morgan fingerprint density at radius 2 is 1.21 bits per heavy atom. The van der Waals surface area contributed by atoms with Gasteiger partial charge >= 0.3 is 52.8 Å². The van der Waals surface area contributed by atoms with Crippen molar-refractivity contribution in [2.45, 2.75) is 251 Å². The number of guanidine groups is 1. The molecule has 11 rings (SSSR count). The van der Waals surface area contributed by atoms with Crippen LogP contribution < -0.4 is 43.7 Å². The number of aromatic nitrogens is 5. The van der Waals surface area contributed by atoms with Gasteiger partial charge in [-0.15, -0.1) is 21.0 Å². The van der Waals surface area contributed by atoms with Gasteiger partial charge < -0.3 is 86.4 Å². The number of nitrogen functional groups attached to an aromatic ring is 1. The summed E-state index contributed by atoms with van der Waals surface area (Å²) in [6.45, 7) is 38.4. The number of nitrogens with zero attached hydrogens (tertiary/aromatic N) is 16. The minimum Gasteiger partial charge on any atom is -0.489 e. The lowest BCUT2D eigenvalue weighted by Gasteiger charge is -2.50. The van der Waals surface area contributed by atoms with Crippen molar-refractivity contribution in [3.05, 3.63) is 88.8 Å². The number of likely N-dealkylation sites (tertiary alicyclic amines) is 4. The molecule has 47 heteroatoms. The third-order valence-electron chi connectivity index (χ3n) is 19.3. The fourth-order valence-corrected chi connectivity index (χ4v) is 14.4. The van der Waals surface area contributed by atoms with Crippen LogP contribution in [0.5, 0.6) is 5.75 Å². The van der Waals surface area contributed by atoms with Crippen LogP contribution in [-0.2, 0) is 70.7 Å². The fourth-order valence-electron chi connectivity index (χ4n) is 13.4. The minimum absolute atomic E-state index is 0.0181. The Balaban J connectivity index is 0.000000236. The van der Waals surface area contributed by atoms with Gasteiger partial charge in [-0.2, -0.15) is 48.4 Å². The van der Waals surface area contributed by atoms with Gasteiger partial charge in [0.05, 0.1) is 36.1 Å². The number of carbonyl (C=O) groups is 8. The molecule has 7 atom stereocenters. The topological polar surface area (TPSA) is 538 Å². The number of fused-ring (bicyclic) bond motifs is 1. The van der Waals surface area contributed by atoms with Gasteiger partial charge in [0.1, 0.15) is 46.5 Å². The molecule has 7 aliphatic heterocycles. The number of hydrogen-bond acceptors (Lipinski definition) is 29. The van der Waals surface area contributed by atoms with Gasteiger partial charge in [-0.05, 0) is 203 Å². The van der Waals surface area contributed by atoms with E-state index in [-0.39, 0.29) is 65.8 Å². The number of hydroxylamine groups is 2. The number of ether oxygens (including phenoxy) is 5. The average molecular weight is 1820 g/mol. The van der Waals surface area contributed by atoms with E-state index in [1.807, 2.05) is 73.3 Å². The Morgan fingerprint density at radius 1 is 0.698 bits per heavy atom. The molecule has 0 radical (unpaired) electrons. The van der Waals surface area contributed by atoms with Gasteiger partial charge in [0, 0.05) is 108 Å². The molecule has 42 nitrogen and oxygen atoms in total. The second-order valence-corrected chi connectivity index (χ2v) is 37.0. The van der Waals surface area contributed by atoms with Crippen LogP contribution in [0.4, 0.5) is 37.5 Å². The summed E-state index contributed by atoms with van der Waals surface area (Å²) < 4.78 is 103. The van der Waals surface area contributed by atoms with E-state index in [0.717, 1.165) is 98.1 Å².